The van der Waals surface area contributed by atoms with E-state index in [0.29, 0.717) is 5.92 Å². The van der Waals surface area contributed by atoms with E-state index in [2.05, 4.69) is 31.3 Å². The molecule has 19 heavy (non-hydrogen) atoms. The second-order valence-electron chi connectivity index (χ2n) is 5.04. The average molecular weight is 273 g/mol. The van der Waals surface area contributed by atoms with Crippen molar-refractivity contribution in [3.8, 4) is 0 Å². The summed E-state index contributed by atoms with van der Waals surface area (Å²) in [6, 6.07) is 14.0. The quantitative estimate of drug-likeness (QED) is 0.866. The molecule has 1 N–H and O–H groups in total. The lowest BCUT2D eigenvalue weighted by Crippen LogP contribution is -2.28. The number of rotatable bonds is 5. The van der Waals surface area contributed by atoms with Crippen LogP contribution in [0.3, 0.4) is 0 Å². The lowest BCUT2D eigenvalue weighted by molar-refractivity contribution is 0.0936. The zero-order chi connectivity index (χ0) is 13.7. The summed E-state index contributed by atoms with van der Waals surface area (Å²) in [5, 5.41) is 5.06. The molecule has 1 atom stereocenters. The van der Waals surface area contributed by atoms with Crippen molar-refractivity contribution in [2.24, 2.45) is 5.92 Å². The first-order valence-electron chi connectivity index (χ1n) is 6.56. The van der Waals surface area contributed by atoms with Gasteiger partial charge in [-0.1, -0.05) is 50.2 Å². The van der Waals surface area contributed by atoms with E-state index < -0.39 is 0 Å². The zero-order valence-corrected chi connectivity index (χ0v) is 12.1. The summed E-state index contributed by atoms with van der Waals surface area (Å²) in [5.41, 5.74) is 1.17. The third-order valence-corrected chi connectivity index (χ3v) is 3.83. The van der Waals surface area contributed by atoms with Gasteiger partial charge in [0.15, 0.2) is 0 Å². The fourth-order valence-corrected chi connectivity index (χ4v) is 2.70. The molecule has 0 aliphatic rings. The molecule has 2 rings (SSSR count). The SMILES string of the molecule is CC(C)C[C@@H](NC(=O)c1cccs1)c1ccccc1. The number of amides is 1. The highest BCUT2D eigenvalue weighted by molar-refractivity contribution is 7.12. The van der Waals surface area contributed by atoms with Gasteiger partial charge in [-0.05, 0) is 29.3 Å². The average Bonchev–Trinajstić information content (AvgIpc) is 2.92. The molecule has 0 saturated carbocycles. The molecule has 0 spiro atoms. The van der Waals surface area contributed by atoms with Crippen LogP contribution in [0.1, 0.15) is 41.5 Å². The molecular weight excluding hydrogens is 254 g/mol. The van der Waals surface area contributed by atoms with Crippen LogP contribution >= 0.6 is 11.3 Å². The summed E-state index contributed by atoms with van der Waals surface area (Å²) < 4.78 is 0. The molecule has 0 fully saturated rings. The van der Waals surface area contributed by atoms with Crippen molar-refractivity contribution < 1.29 is 4.79 Å². The number of nitrogens with one attached hydrogen (secondary N) is 1. The molecular formula is C16H19NOS. The molecule has 1 aromatic carbocycles. The first-order chi connectivity index (χ1) is 9.16. The van der Waals surface area contributed by atoms with Crippen LogP contribution in [0.25, 0.3) is 0 Å². The van der Waals surface area contributed by atoms with Crippen LogP contribution in [0, 0.1) is 5.92 Å². The van der Waals surface area contributed by atoms with Crippen molar-refractivity contribution >= 4 is 17.2 Å². The van der Waals surface area contributed by atoms with Gasteiger partial charge in [0, 0.05) is 0 Å². The van der Waals surface area contributed by atoms with Crippen molar-refractivity contribution in [2.45, 2.75) is 26.3 Å². The van der Waals surface area contributed by atoms with Crippen LogP contribution in [0.2, 0.25) is 0 Å². The Morgan fingerprint density at radius 2 is 1.89 bits per heavy atom. The Balaban J connectivity index is 2.13. The Hall–Kier alpha value is -1.61. The Morgan fingerprint density at radius 1 is 1.16 bits per heavy atom. The Morgan fingerprint density at radius 3 is 2.47 bits per heavy atom. The third kappa shape index (κ3) is 3.93. The fraction of sp³-hybridized carbons (Fsp3) is 0.312. The first kappa shape index (κ1) is 13.8. The number of hydrogen-bond acceptors (Lipinski definition) is 2. The van der Waals surface area contributed by atoms with E-state index in [4.69, 9.17) is 0 Å². The predicted octanol–water partition coefficient (Wildman–Crippen LogP) is 4.27. The standard InChI is InChI=1S/C16H19NOS/c1-12(2)11-14(13-7-4-3-5-8-13)17-16(18)15-9-6-10-19-15/h3-10,12,14H,11H2,1-2H3,(H,17,18)/t14-/m1/s1. The van der Waals surface area contributed by atoms with E-state index >= 15 is 0 Å². The number of thiophene rings is 1. The minimum atomic E-state index is 0.0181. The molecule has 100 valence electrons. The van der Waals surface area contributed by atoms with Gasteiger partial charge in [-0.25, -0.2) is 0 Å². The molecule has 1 heterocycles. The van der Waals surface area contributed by atoms with Crippen molar-refractivity contribution in [3.05, 3.63) is 58.3 Å². The van der Waals surface area contributed by atoms with Crippen molar-refractivity contribution in [2.75, 3.05) is 0 Å². The van der Waals surface area contributed by atoms with Crippen molar-refractivity contribution in [1.29, 1.82) is 0 Å². The second-order valence-corrected chi connectivity index (χ2v) is 5.99. The zero-order valence-electron chi connectivity index (χ0n) is 11.3. The highest BCUT2D eigenvalue weighted by Gasteiger charge is 2.17. The van der Waals surface area contributed by atoms with Gasteiger partial charge >= 0.3 is 0 Å². The fourth-order valence-electron chi connectivity index (χ4n) is 2.07. The maximum atomic E-state index is 12.2. The van der Waals surface area contributed by atoms with Gasteiger partial charge in [-0.2, -0.15) is 0 Å². The van der Waals surface area contributed by atoms with E-state index in [1.165, 1.54) is 16.9 Å². The molecule has 0 bridgehead atoms. The number of carbonyl (C=O) groups is 1. The molecule has 2 nitrogen and oxygen atoms in total. The van der Waals surface area contributed by atoms with Crippen LogP contribution in [0.4, 0.5) is 0 Å². The molecule has 0 aliphatic heterocycles. The maximum absolute atomic E-state index is 12.2. The second kappa shape index (κ2) is 6.53. The lowest BCUT2D eigenvalue weighted by Gasteiger charge is -2.20. The Bertz CT molecular complexity index is 505. The van der Waals surface area contributed by atoms with Crippen molar-refractivity contribution in [1.82, 2.24) is 5.32 Å². The molecule has 1 aromatic heterocycles. The van der Waals surface area contributed by atoms with Gasteiger partial charge < -0.3 is 5.32 Å². The monoisotopic (exact) mass is 273 g/mol. The first-order valence-corrected chi connectivity index (χ1v) is 7.44. The Kier molecular flexibility index (Phi) is 4.74. The van der Waals surface area contributed by atoms with Gasteiger partial charge in [0.25, 0.3) is 5.91 Å². The highest BCUT2D eigenvalue weighted by Crippen LogP contribution is 2.22. The van der Waals surface area contributed by atoms with E-state index in [1.807, 2.05) is 35.7 Å². The molecule has 2 aromatic rings. The summed E-state index contributed by atoms with van der Waals surface area (Å²) >= 11 is 1.48. The molecule has 1 amide bonds. The third-order valence-electron chi connectivity index (χ3n) is 2.96. The normalized spacial score (nSPS) is 12.4. The van der Waals surface area contributed by atoms with Gasteiger partial charge in [-0.3, -0.25) is 4.79 Å². The predicted molar refractivity (Wildman–Crippen MR) is 80.4 cm³/mol. The topological polar surface area (TPSA) is 29.1 Å². The summed E-state index contributed by atoms with van der Waals surface area (Å²) in [6.07, 6.45) is 0.946. The van der Waals surface area contributed by atoms with E-state index in [0.717, 1.165) is 11.3 Å². The largest absolute Gasteiger partial charge is 0.345 e. The summed E-state index contributed by atoms with van der Waals surface area (Å²) in [5.74, 6) is 0.554. The maximum Gasteiger partial charge on any atom is 0.261 e. The number of hydrogen-bond donors (Lipinski definition) is 1. The smallest absolute Gasteiger partial charge is 0.261 e. The summed E-state index contributed by atoms with van der Waals surface area (Å²) in [4.78, 5) is 12.9. The van der Waals surface area contributed by atoms with E-state index in [1.54, 1.807) is 0 Å². The molecule has 0 aliphatic carbocycles. The van der Waals surface area contributed by atoms with Crippen LogP contribution in [0.15, 0.2) is 47.8 Å². The number of carbonyl (C=O) groups excluding carboxylic acids is 1. The molecule has 3 heteroatoms. The molecule has 0 unspecified atom stereocenters. The van der Waals surface area contributed by atoms with Crippen LogP contribution in [0.5, 0.6) is 0 Å². The van der Waals surface area contributed by atoms with Gasteiger partial charge in [0.05, 0.1) is 10.9 Å². The van der Waals surface area contributed by atoms with Crippen LogP contribution < -0.4 is 5.32 Å². The van der Waals surface area contributed by atoms with Gasteiger partial charge in [0.1, 0.15) is 0 Å². The highest BCUT2D eigenvalue weighted by atomic mass is 32.1. The van der Waals surface area contributed by atoms with E-state index in [-0.39, 0.29) is 11.9 Å². The van der Waals surface area contributed by atoms with Crippen LogP contribution in [-0.2, 0) is 0 Å². The van der Waals surface area contributed by atoms with Gasteiger partial charge in [-0.15, -0.1) is 11.3 Å². The van der Waals surface area contributed by atoms with Crippen LogP contribution in [-0.4, -0.2) is 5.91 Å². The minimum Gasteiger partial charge on any atom is -0.345 e. The molecule has 0 saturated heterocycles. The minimum absolute atomic E-state index is 0.0181. The van der Waals surface area contributed by atoms with Gasteiger partial charge in [0.2, 0.25) is 0 Å². The summed E-state index contributed by atoms with van der Waals surface area (Å²) in [6.45, 7) is 4.35. The lowest BCUT2D eigenvalue weighted by atomic mass is 9.97. The number of benzene rings is 1. The van der Waals surface area contributed by atoms with E-state index in [9.17, 15) is 4.79 Å². The molecule has 0 radical (unpaired) electrons. The van der Waals surface area contributed by atoms with Crippen molar-refractivity contribution in [3.63, 3.8) is 0 Å². The summed E-state index contributed by atoms with van der Waals surface area (Å²) in [7, 11) is 0. The Labute approximate surface area is 118 Å².